The first-order valence-electron chi connectivity index (χ1n) is 8.90. The number of hydrogen-bond donors (Lipinski definition) is 1. The van der Waals surface area contributed by atoms with Crippen molar-refractivity contribution in [3.63, 3.8) is 0 Å². The predicted molar refractivity (Wildman–Crippen MR) is 96.5 cm³/mol. The van der Waals surface area contributed by atoms with Crippen molar-refractivity contribution in [2.45, 2.75) is 49.7 Å². The molecule has 24 heavy (non-hydrogen) atoms. The van der Waals surface area contributed by atoms with Crippen molar-refractivity contribution in [2.75, 3.05) is 39.1 Å². The Morgan fingerprint density at radius 3 is 2.75 bits per heavy atom. The first-order valence-corrected chi connectivity index (χ1v) is 10.1. The summed E-state index contributed by atoms with van der Waals surface area (Å²) in [7, 11) is 0. The van der Waals surface area contributed by atoms with Crippen LogP contribution in [-0.2, 0) is 11.2 Å². The lowest BCUT2D eigenvalue weighted by molar-refractivity contribution is 0.0674. The highest BCUT2D eigenvalue weighted by Gasteiger charge is 2.23. The molecule has 0 aromatic carbocycles. The molecular formula is C16H28N6OS. The van der Waals surface area contributed by atoms with E-state index in [0.29, 0.717) is 12.0 Å². The van der Waals surface area contributed by atoms with Crippen LogP contribution in [0.15, 0.2) is 10.1 Å². The molecule has 1 saturated heterocycles. The zero-order chi connectivity index (χ0) is 16.8. The number of rotatable bonds is 6. The number of aliphatic imine (C=N–C) groups is 1. The minimum atomic E-state index is 0.583. The number of aryl methyl sites for hydroxylation is 1. The predicted octanol–water partition coefficient (Wildman–Crippen LogP) is 1.69. The summed E-state index contributed by atoms with van der Waals surface area (Å²) in [4.78, 5) is 6.61. The normalized spacial score (nSPS) is 20.0. The van der Waals surface area contributed by atoms with Gasteiger partial charge in [-0.2, -0.15) is 0 Å². The molecule has 8 heteroatoms. The molecule has 2 fully saturated rings. The van der Waals surface area contributed by atoms with E-state index in [-0.39, 0.29) is 0 Å². The summed E-state index contributed by atoms with van der Waals surface area (Å²) in [6.07, 6.45) is 9.06. The van der Waals surface area contributed by atoms with Gasteiger partial charge in [0.25, 0.3) is 0 Å². The van der Waals surface area contributed by atoms with Crippen molar-refractivity contribution in [2.24, 2.45) is 10.7 Å². The maximum atomic E-state index is 6.07. The molecule has 1 aromatic heterocycles. The van der Waals surface area contributed by atoms with Gasteiger partial charge in [-0.05, 0) is 25.5 Å². The van der Waals surface area contributed by atoms with E-state index in [1.807, 2.05) is 0 Å². The van der Waals surface area contributed by atoms with E-state index in [1.165, 1.54) is 25.7 Å². The summed E-state index contributed by atoms with van der Waals surface area (Å²) in [6, 6.07) is 0.583. The van der Waals surface area contributed by atoms with E-state index in [1.54, 1.807) is 11.8 Å². The molecule has 1 saturated carbocycles. The third-order valence-electron chi connectivity index (χ3n) is 4.77. The molecule has 7 nitrogen and oxygen atoms in total. The monoisotopic (exact) mass is 352 g/mol. The SMILES string of the molecule is CSc1nnc(CCCN=C(N)N2CCOCC2)n1C1CCCC1. The average molecular weight is 353 g/mol. The van der Waals surface area contributed by atoms with Crippen LogP contribution in [0.4, 0.5) is 0 Å². The van der Waals surface area contributed by atoms with Gasteiger partial charge < -0.3 is 19.9 Å². The lowest BCUT2D eigenvalue weighted by Crippen LogP contribution is -2.44. The fourth-order valence-electron chi connectivity index (χ4n) is 3.47. The van der Waals surface area contributed by atoms with Gasteiger partial charge in [-0.1, -0.05) is 24.6 Å². The maximum Gasteiger partial charge on any atom is 0.191 e. The second-order valence-corrected chi connectivity index (χ2v) is 7.13. The van der Waals surface area contributed by atoms with Crippen molar-refractivity contribution >= 4 is 17.7 Å². The second kappa shape index (κ2) is 8.71. The number of ether oxygens (including phenoxy) is 1. The molecule has 2 heterocycles. The van der Waals surface area contributed by atoms with Crippen LogP contribution in [0, 0.1) is 0 Å². The molecule has 1 aliphatic heterocycles. The third kappa shape index (κ3) is 4.22. The Kier molecular flexibility index (Phi) is 6.37. The highest BCUT2D eigenvalue weighted by molar-refractivity contribution is 7.98. The highest BCUT2D eigenvalue weighted by atomic mass is 32.2. The smallest absolute Gasteiger partial charge is 0.191 e. The largest absolute Gasteiger partial charge is 0.378 e. The van der Waals surface area contributed by atoms with Crippen molar-refractivity contribution in [1.82, 2.24) is 19.7 Å². The Morgan fingerprint density at radius 2 is 2.04 bits per heavy atom. The molecule has 1 aromatic rings. The standard InChI is InChI=1S/C16H28N6OS/c1-24-16-20-19-14(22(16)13-5-2-3-6-13)7-4-8-18-15(17)21-9-11-23-12-10-21/h13H,2-12H2,1H3,(H2,17,18). The van der Waals surface area contributed by atoms with E-state index in [0.717, 1.165) is 56.7 Å². The number of thioether (sulfide) groups is 1. The van der Waals surface area contributed by atoms with E-state index < -0.39 is 0 Å². The molecule has 134 valence electrons. The number of morpholine rings is 1. The average Bonchev–Trinajstić information content (AvgIpc) is 3.28. The van der Waals surface area contributed by atoms with Crippen LogP contribution < -0.4 is 5.73 Å². The first-order chi connectivity index (χ1) is 11.8. The quantitative estimate of drug-likeness (QED) is 0.363. The van der Waals surface area contributed by atoms with Gasteiger partial charge in [0, 0.05) is 32.1 Å². The second-order valence-electron chi connectivity index (χ2n) is 6.35. The molecule has 0 atom stereocenters. The Hall–Kier alpha value is -1.28. The molecule has 1 aliphatic carbocycles. The number of aromatic nitrogens is 3. The summed E-state index contributed by atoms with van der Waals surface area (Å²) in [5.41, 5.74) is 6.07. The topological polar surface area (TPSA) is 81.6 Å². The zero-order valence-corrected chi connectivity index (χ0v) is 15.3. The van der Waals surface area contributed by atoms with Crippen LogP contribution in [-0.4, -0.2) is 64.7 Å². The maximum absolute atomic E-state index is 6.07. The summed E-state index contributed by atoms with van der Waals surface area (Å²) in [6.45, 7) is 3.87. The minimum absolute atomic E-state index is 0.583. The van der Waals surface area contributed by atoms with Gasteiger partial charge in [0.2, 0.25) is 0 Å². The van der Waals surface area contributed by atoms with Crippen molar-refractivity contribution in [3.8, 4) is 0 Å². The fourth-order valence-corrected chi connectivity index (χ4v) is 4.04. The van der Waals surface area contributed by atoms with Crippen molar-refractivity contribution in [1.29, 1.82) is 0 Å². The zero-order valence-electron chi connectivity index (χ0n) is 14.5. The van der Waals surface area contributed by atoms with Crippen LogP contribution in [0.1, 0.15) is 44.0 Å². The van der Waals surface area contributed by atoms with Crippen LogP contribution in [0.3, 0.4) is 0 Å². The highest BCUT2D eigenvalue weighted by Crippen LogP contribution is 2.33. The lowest BCUT2D eigenvalue weighted by Gasteiger charge is -2.27. The minimum Gasteiger partial charge on any atom is -0.378 e. The molecule has 0 spiro atoms. The molecule has 0 bridgehead atoms. The van der Waals surface area contributed by atoms with E-state index in [4.69, 9.17) is 10.5 Å². The van der Waals surface area contributed by atoms with Gasteiger partial charge in [0.1, 0.15) is 5.82 Å². The van der Waals surface area contributed by atoms with Gasteiger partial charge in [0.05, 0.1) is 13.2 Å². The van der Waals surface area contributed by atoms with Crippen LogP contribution in [0.2, 0.25) is 0 Å². The molecule has 2 N–H and O–H groups in total. The number of hydrogen-bond acceptors (Lipinski definition) is 5. The Bertz CT molecular complexity index is 549. The van der Waals surface area contributed by atoms with E-state index in [9.17, 15) is 0 Å². The molecule has 3 rings (SSSR count). The van der Waals surface area contributed by atoms with Crippen molar-refractivity contribution < 1.29 is 4.74 Å². The summed E-state index contributed by atoms with van der Waals surface area (Å²) in [5.74, 6) is 1.74. The van der Waals surface area contributed by atoms with E-state index in [2.05, 4.69) is 30.9 Å². The molecule has 0 unspecified atom stereocenters. The van der Waals surface area contributed by atoms with Gasteiger partial charge in [-0.25, -0.2) is 0 Å². The van der Waals surface area contributed by atoms with Crippen LogP contribution >= 0.6 is 11.8 Å². The Balaban J connectivity index is 1.53. The van der Waals surface area contributed by atoms with Crippen molar-refractivity contribution in [3.05, 3.63) is 5.82 Å². The van der Waals surface area contributed by atoms with Crippen LogP contribution in [0.25, 0.3) is 0 Å². The Labute approximate surface area is 148 Å². The number of guanidine groups is 1. The first kappa shape index (κ1) is 17.5. The van der Waals surface area contributed by atoms with Gasteiger partial charge in [-0.3, -0.25) is 4.99 Å². The Morgan fingerprint density at radius 1 is 1.29 bits per heavy atom. The number of nitrogens with two attached hydrogens (primary N) is 1. The van der Waals surface area contributed by atoms with Gasteiger partial charge in [0.15, 0.2) is 11.1 Å². The van der Waals surface area contributed by atoms with Gasteiger partial charge >= 0.3 is 0 Å². The molecular weight excluding hydrogens is 324 g/mol. The molecule has 2 aliphatic rings. The van der Waals surface area contributed by atoms with Crippen LogP contribution in [0.5, 0.6) is 0 Å². The third-order valence-corrected chi connectivity index (χ3v) is 5.42. The molecule has 0 radical (unpaired) electrons. The lowest BCUT2D eigenvalue weighted by atomic mass is 10.2. The van der Waals surface area contributed by atoms with E-state index >= 15 is 0 Å². The summed E-state index contributed by atoms with van der Waals surface area (Å²) in [5, 5.41) is 9.83. The number of nitrogens with zero attached hydrogens (tertiary/aromatic N) is 5. The molecule has 0 amide bonds. The van der Waals surface area contributed by atoms with Gasteiger partial charge in [-0.15, -0.1) is 10.2 Å². The summed E-state index contributed by atoms with van der Waals surface area (Å²) >= 11 is 1.69. The summed E-state index contributed by atoms with van der Waals surface area (Å²) < 4.78 is 7.70. The fraction of sp³-hybridized carbons (Fsp3) is 0.812.